The summed E-state index contributed by atoms with van der Waals surface area (Å²) in [5.41, 5.74) is 0.923. The summed E-state index contributed by atoms with van der Waals surface area (Å²) >= 11 is 0. The first-order valence-corrected chi connectivity index (χ1v) is 9.14. The summed E-state index contributed by atoms with van der Waals surface area (Å²) in [5.74, 6) is 0.701. The Morgan fingerprint density at radius 3 is 2.52 bits per heavy atom. The maximum absolute atomic E-state index is 12.4. The SMILES string of the molecule is CCCNC(Cc1ccccc1S(=O)(=O)N(C)C)C1CC1. The van der Waals surface area contributed by atoms with Crippen LogP contribution in [0.4, 0.5) is 0 Å². The van der Waals surface area contributed by atoms with Gasteiger partial charge < -0.3 is 5.32 Å². The van der Waals surface area contributed by atoms with Crippen LogP contribution in [0.1, 0.15) is 31.7 Å². The quantitative estimate of drug-likeness (QED) is 0.801. The second-order valence-electron chi connectivity index (χ2n) is 6.00. The molecule has 0 saturated heterocycles. The zero-order valence-corrected chi connectivity index (χ0v) is 14.0. The lowest BCUT2D eigenvalue weighted by atomic mass is 10.0. The Labute approximate surface area is 128 Å². The van der Waals surface area contributed by atoms with E-state index in [9.17, 15) is 8.42 Å². The molecule has 1 aromatic carbocycles. The fourth-order valence-electron chi connectivity index (χ4n) is 2.59. The van der Waals surface area contributed by atoms with Gasteiger partial charge in [-0.1, -0.05) is 25.1 Å². The van der Waals surface area contributed by atoms with Crippen LogP contribution in [0.2, 0.25) is 0 Å². The maximum Gasteiger partial charge on any atom is 0.242 e. The number of nitrogens with zero attached hydrogens (tertiary/aromatic N) is 1. The van der Waals surface area contributed by atoms with Crippen molar-refractivity contribution in [2.45, 2.75) is 43.5 Å². The fraction of sp³-hybridized carbons (Fsp3) is 0.625. The second kappa shape index (κ2) is 6.90. The van der Waals surface area contributed by atoms with Crippen LogP contribution in [-0.4, -0.2) is 39.4 Å². The normalized spacial score (nSPS) is 17.1. The average molecular weight is 310 g/mol. The van der Waals surface area contributed by atoms with Gasteiger partial charge in [-0.05, 0) is 49.8 Å². The van der Waals surface area contributed by atoms with Crippen molar-refractivity contribution in [3.8, 4) is 0 Å². The van der Waals surface area contributed by atoms with E-state index in [1.54, 1.807) is 26.2 Å². The molecule has 118 valence electrons. The monoisotopic (exact) mass is 310 g/mol. The molecule has 0 heterocycles. The smallest absolute Gasteiger partial charge is 0.242 e. The van der Waals surface area contributed by atoms with Crippen molar-refractivity contribution >= 4 is 10.0 Å². The van der Waals surface area contributed by atoms with E-state index in [4.69, 9.17) is 0 Å². The predicted octanol–water partition coefficient (Wildman–Crippen LogP) is 2.26. The van der Waals surface area contributed by atoms with Gasteiger partial charge in [0.2, 0.25) is 10.0 Å². The fourth-order valence-corrected chi connectivity index (χ4v) is 3.72. The van der Waals surface area contributed by atoms with Crippen LogP contribution in [-0.2, 0) is 16.4 Å². The van der Waals surface area contributed by atoms with E-state index in [2.05, 4.69) is 12.2 Å². The molecule has 1 aliphatic carbocycles. The van der Waals surface area contributed by atoms with Gasteiger partial charge in [-0.15, -0.1) is 0 Å². The lowest BCUT2D eigenvalue weighted by Gasteiger charge is -2.21. The van der Waals surface area contributed by atoms with E-state index in [-0.39, 0.29) is 0 Å². The van der Waals surface area contributed by atoms with Gasteiger partial charge in [0.25, 0.3) is 0 Å². The number of sulfonamides is 1. The van der Waals surface area contributed by atoms with Crippen LogP contribution in [0.25, 0.3) is 0 Å². The van der Waals surface area contributed by atoms with Crippen molar-refractivity contribution in [2.75, 3.05) is 20.6 Å². The van der Waals surface area contributed by atoms with E-state index >= 15 is 0 Å². The zero-order valence-electron chi connectivity index (χ0n) is 13.2. The molecule has 5 heteroatoms. The first kappa shape index (κ1) is 16.5. The van der Waals surface area contributed by atoms with E-state index in [1.165, 1.54) is 17.1 Å². The van der Waals surface area contributed by atoms with Crippen molar-refractivity contribution in [3.63, 3.8) is 0 Å². The van der Waals surface area contributed by atoms with Gasteiger partial charge in [0.15, 0.2) is 0 Å². The zero-order chi connectivity index (χ0) is 15.5. The highest BCUT2D eigenvalue weighted by molar-refractivity contribution is 7.89. The minimum absolute atomic E-state index is 0.392. The minimum atomic E-state index is -3.37. The molecule has 0 amide bonds. The van der Waals surface area contributed by atoms with Gasteiger partial charge >= 0.3 is 0 Å². The van der Waals surface area contributed by atoms with E-state index in [1.807, 2.05) is 12.1 Å². The van der Waals surface area contributed by atoms with Crippen LogP contribution < -0.4 is 5.32 Å². The lowest BCUT2D eigenvalue weighted by Crippen LogP contribution is -2.34. The first-order chi connectivity index (χ1) is 9.96. The molecule has 2 rings (SSSR count). The standard InChI is InChI=1S/C16H26N2O2S/c1-4-11-17-15(13-9-10-13)12-14-7-5-6-8-16(14)21(19,20)18(2)3/h5-8,13,15,17H,4,9-12H2,1-3H3. The summed E-state index contributed by atoms with van der Waals surface area (Å²) in [4.78, 5) is 0.443. The lowest BCUT2D eigenvalue weighted by molar-refractivity contribution is 0.456. The summed E-state index contributed by atoms with van der Waals surface area (Å²) in [6.45, 7) is 3.14. The van der Waals surface area contributed by atoms with E-state index in [0.717, 1.165) is 24.9 Å². The summed E-state index contributed by atoms with van der Waals surface area (Å²) in [6, 6.07) is 7.77. The van der Waals surface area contributed by atoms with Gasteiger partial charge in [0, 0.05) is 20.1 Å². The van der Waals surface area contributed by atoms with Crippen LogP contribution in [0.15, 0.2) is 29.2 Å². The molecule has 0 radical (unpaired) electrons. The van der Waals surface area contributed by atoms with Gasteiger partial charge in [-0.2, -0.15) is 0 Å². The Bertz CT molecular complexity index is 565. The molecule has 1 atom stereocenters. The van der Waals surface area contributed by atoms with Crippen LogP contribution in [0, 0.1) is 5.92 Å². The third kappa shape index (κ3) is 4.05. The van der Waals surface area contributed by atoms with Crippen molar-refractivity contribution in [2.24, 2.45) is 5.92 Å². The summed E-state index contributed by atoms with van der Waals surface area (Å²) in [6.07, 6.45) is 4.39. The Balaban J connectivity index is 2.23. The highest BCUT2D eigenvalue weighted by Crippen LogP contribution is 2.35. The van der Waals surface area contributed by atoms with E-state index < -0.39 is 10.0 Å². The third-order valence-corrected chi connectivity index (χ3v) is 5.93. The molecule has 1 unspecified atom stereocenters. The molecular formula is C16H26N2O2S. The molecule has 1 N–H and O–H groups in total. The summed E-state index contributed by atoms with van der Waals surface area (Å²) < 4.78 is 26.2. The number of benzene rings is 1. The molecule has 0 aliphatic heterocycles. The molecule has 4 nitrogen and oxygen atoms in total. The van der Waals surface area contributed by atoms with Crippen LogP contribution in [0.5, 0.6) is 0 Å². The third-order valence-electron chi connectivity index (χ3n) is 4.02. The molecule has 0 aromatic heterocycles. The molecule has 1 aromatic rings. The maximum atomic E-state index is 12.4. The van der Waals surface area contributed by atoms with Gasteiger partial charge in [0.05, 0.1) is 4.90 Å². The molecule has 0 spiro atoms. The van der Waals surface area contributed by atoms with Crippen molar-refractivity contribution < 1.29 is 8.42 Å². The Hall–Kier alpha value is -0.910. The van der Waals surface area contributed by atoms with E-state index in [0.29, 0.717) is 16.9 Å². The number of nitrogens with one attached hydrogen (secondary N) is 1. The van der Waals surface area contributed by atoms with Gasteiger partial charge in [0.1, 0.15) is 0 Å². The van der Waals surface area contributed by atoms with Gasteiger partial charge in [-0.3, -0.25) is 0 Å². The van der Waals surface area contributed by atoms with Crippen molar-refractivity contribution in [3.05, 3.63) is 29.8 Å². The Kier molecular flexibility index (Phi) is 5.41. The van der Waals surface area contributed by atoms with Crippen LogP contribution in [0.3, 0.4) is 0 Å². The average Bonchev–Trinajstić information content (AvgIpc) is 3.28. The molecule has 0 bridgehead atoms. The van der Waals surface area contributed by atoms with Crippen molar-refractivity contribution in [1.29, 1.82) is 0 Å². The summed E-state index contributed by atoms with van der Waals surface area (Å²) in [5, 5.41) is 3.58. The number of rotatable bonds is 8. The largest absolute Gasteiger partial charge is 0.313 e. The molecule has 1 aliphatic rings. The van der Waals surface area contributed by atoms with Crippen molar-refractivity contribution in [1.82, 2.24) is 9.62 Å². The Morgan fingerprint density at radius 1 is 1.29 bits per heavy atom. The number of hydrogen-bond donors (Lipinski definition) is 1. The molecule has 1 fully saturated rings. The highest BCUT2D eigenvalue weighted by atomic mass is 32.2. The topological polar surface area (TPSA) is 49.4 Å². The first-order valence-electron chi connectivity index (χ1n) is 7.70. The van der Waals surface area contributed by atoms with Gasteiger partial charge in [-0.25, -0.2) is 12.7 Å². The summed E-state index contributed by atoms with van der Waals surface area (Å²) in [7, 11) is -0.207. The predicted molar refractivity (Wildman–Crippen MR) is 85.8 cm³/mol. The second-order valence-corrected chi connectivity index (χ2v) is 8.12. The number of hydrogen-bond acceptors (Lipinski definition) is 3. The molecular weight excluding hydrogens is 284 g/mol. The highest BCUT2D eigenvalue weighted by Gasteiger charge is 2.32. The molecule has 1 saturated carbocycles. The minimum Gasteiger partial charge on any atom is -0.313 e. The molecule has 21 heavy (non-hydrogen) atoms. The van der Waals surface area contributed by atoms with Crippen LogP contribution >= 0.6 is 0 Å². The Morgan fingerprint density at radius 2 is 1.95 bits per heavy atom.